The summed E-state index contributed by atoms with van der Waals surface area (Å²) in [5, 5.41) is 11.6. The molecule has 1 aromatic heterocycles. The Morgan fingerprint density at radius 1 is 1.46 bits per heavy atom. The predicted molar refractivity (Wildman–Crippen MR) is 52.6 cm³/mol. The van der Waals surface area contributed by atoms with Crippen LogP contribution in [0.1, 0.15) is 11.3 Å². The van der Waals surface area contributed by atoms with E-state index in [4.69, 9.17) is 16.7 Å². The molecule has 0 fully saturated rings. The standard InChI is InChI=1S/C9H13ClN2O/c10-5-9-2-1-8(7-12-9)6-11-3-4-13/h1-2,7,11,13H,3-6H2. The van der Waals surface area contributed by atoms with Crippen molar-refractivity contribution in [2.24, 2.45) is 0 Å². The van der Waals surface area contributed by atoms with Gasteiger partial charge in [-0.05, 0) is 11.6 Å². The second kappa shape index (κ2) is 5.91. The Bertz CT molecular complexity index is 238. The Morgan fingerprint density at radius 2 is 2.31 bits per heavy atom. The molecule has 0 atom stereocenters. The molecule has 3 nitrogen and oxygen atoms in total. The average Bonchev–Trinajstić information content (AvgIpc) is 2.19. The normalized spacial score (nSPS) is 10.3. The molecule has 1 aromatic rings. The maximum absolute atomic E-state index is 8.53. The lowest BCUT2D eigenvalue weighted by atomic mass is 10.2. The van der Waals surface area contributed by atoms with Gasteiger partial charge < -0.3 is 10.4 Å². The molecule has 1 rings (SSSR count). The van der Waals surface area contributed by atoms with E-state index in [0.717, 1.165) is 17.8 Å². The molecule has 0 aliphatic heterocycles. The fourth-order valence-corrected chi connectivity index (χ4v) is 1.11. The molecular formula is C9H13ClN2O. The Balaban J connectivity index is 2.40. The fraction of sp³-hybridized carbons (Fsp3) is 0.444. The minimum atomic E-state index is 0.160. The molecule has 0 amide bonds. The molecule has 0 radical (unpaired) electrons. The number of rotatable bonds is 5. The Morgan fingerprint density at radius 3 is 2.85 bits per heavy atom. The molecule has 0 bridgehead atoms. The zero-order chi connectivity index (χ0) is 9.52. The number of nitrogens with zero attached hydrogens (tertiary/aromatic N) is 1. The number of alkyl halides is 1. The van der Waals surface area contributed by atoms with Crippen molar-refractivity contribution in [2.75, 3.05) is 13.2 Å². The molecule has 13 heavy (non-hydrogen) atoms. The molecule has 2 N–H and O–H groups in total. The molecule has 0 spiro atoms. The quantitative estimate of drug-likeness (QED) is 0.549. The van der Waals surface area contributed by atoms with Crippen molar-refractivity contribution in [3.05, 3.63) is 29.6 Å². The highest BCUT2D eigenvalue weighted by Crippen LogP contribution is 2.02. The van der Waals surface area contributed by atoms with Crippen LogP contribution in [0.4, 0.5) is 0 Å². The third-order valence-corrected chi connectivity index (χ3v) is 1.91. The first-order chi connectivity index (χ1) is 6.36. The van der Waals surface area contributed by atoms with E-state index in [1.165, 1.54) is 0 Å². The number of hydrogen-bond donors (Lipinski definition) is 2. The Hall–Kier alpha value is -0.640. The molecular weight excluding hydrogens is 188 g/mol. The number of aliphatic hydroxyl groups excluding tert-OH is 1. The monoisotopic (exact) mass is 200 g/mol. The number of hydrogen-bond acceptors (Lipinski definition) is 3. The van der Waals surface area contributed by atoms with E-state index < -0.39 is 0 Å². The zero-order valence-corrected chi connectivity index (χ0v) is 8.09. The minimum Gasteiger partial charge on any atom is -0.395 e. The molecule has 72 valence electrons. The molecule has 0 saturated carbocycles. The van der Waals surface area contributed by atoms with Gasteiger partial charge in [-0.15, -0.1) is 11.6 Å². The Kier molecular flexibility index (Phi) is 4.75. The number of nitrogens with one attached hydrogen (secondary N) is 1. The van der Waals surface area contributed by atoms with Crippen LogP contribution in [0.25, 0.3) is 0 Å². The first kappa shape index (κ1) is 10.4. The van der Waals surface area contributed by atoms with Crippen molar-refractivity contribution in [2.45, 2.75) is 12.4 Å². The topological polar surface area (TPSA) is 45.1 Å². The number of pyridine rings is 1. The van der Waals surface area contributed by atoms with Gasteiger partial charge in [0.25, 0.3) is 0 Å². The summed E-state index contributed by atoms with van der Waals surface area (Å²) >= 11 is 5.59. The van der Waals surface area contributed by atoms with E-state index in [0.29, 0.717) is 12.4 Å². The number of aliphatic hydroxyl groups is 1. The molecule has 0 unspecified atom stereocenters. The third-order valence-electron chi connectivity index (χ3n) is 1.64. The minimum absolute atomic E-state index is 0.160. The summed E-state index contributed by atoms with van der Waals surface area (Å²) in [6, 6.07) is 3.89. The van der Waals surface area contributed by atoms with E-state index in [2.05, 4.69) is 10.3 Å². The smallest absolute Gasteiger partial charge is 0.0647 e. The van der Waals surface area contributed by atoms with Gasteiger partial charge in [0.05, 0.1) is 18.2 Å². The molecule has 4 heteroatoms. The molecule has 0 aliphatic rings. The first-order valence-corrected chi connectivity index (χ1v) is 4.71. The van der Waals surface area contributed by atoms with Gasteiger partial charge in [-0.2, -0.15) is 0 Å². The van der Waals surface area contributed by atoms with Crippen molar-refractivity contribution in [3.8, 4) is 0 Å². The Labute approximate surface area is 82.8 Å². The van der Waals surface area contributed by atoms with Gasteiger partial charge >= 0.3 is 0 Å². The molecule has 0 saturated heterocycles. The summed E-state index contributed by atoms with van der Waals surface area (Å²) in [6.07, 6.45) is 1.79. The van der Waals surface area contributed by atoms with Crippen molar-refractivity contribution in [1.29, 1.82) is 0 Å². The summed E-state index contributed by atoms with van der Waals surface area (Å²) in [7, 11) is 0. The maximum Gasteiger partial charge on any atom is 0.0647 e. The van der Waals surface area contributed by atoms with E-state index in [-0.39, 0.29) is 6.61 Å². The van der Waals surface area contributed by atoms with Crippen molar-refractivity contribution in [3.63, 3.8) is 0 Å². The third kappa shape index (κ3) is 3.72. The zero-order valence-electron chi connectivity index (χ0n) is 7.33. The van der Waals surface area contributed by atoms with Crippen LogP contribution < -0.4 is 5.32 Å². The summed E-state index contributed by atoms with van der Waals surface area (Å²) in [4.78, 5) is 4.14. The SMILES string of the molecule is OCCNCc1ccc(CCl)nc1. The average molecular weight is 201 g/mol. The predicted octanol–water partition coefficient (Wildman–Crippen LogP) is 0.902. The van der Waals surface area contributed by atoms with Crippen LogP contribution in [0.5, 0.6) is 0 Å². The molecule has 0 aromatic carbocycles. The summed E-state index contributed by atoms with van der Waals surface area (Å²) in [6.45, 7) is 1.50. The van der Waals surface area contributed by atoms with Crippen LogP contribution in [-0.4, -0.2) is 23.2 Å². The second-order valence-corrected chi connectivity index (χ2v) is 2.96. The van der Waals surface area contributed by atoms with Gasteiger partial charge in [0, 0.05) is 19.3 Å². The van der Waals surface area contributed by atoms with E-state index in [1.54, 1.807) is 6.20 Å². The van der Waals surface area contributed by atoms with Crippen LogP contribution in [0, 0.1) is 0 Å². The van der Waals surface area contributed by atoms with Gasteiger partial charge in [-0.25, -0.2) is 0 Å². The van der Waals surface area contributed by atoms with Gasteiger partial charge in [-0.3, -0.25) is 4.98 Å². The van der Waals surface area contributed by atoms with Crippen LogP contribution >= 0.6 is 11.6 Å². The first-order valence-electron chi connectivity index (χ1n) is 4.18. The number of halogens is 1. The van der Waals surface area contributed by atoms with Gasteiger partial charge in [-0.1, -0.05) is 6.07 Å². The lowest BCUT2D eigenvalue weighted by molar-refractivity contribution is 0.292. The number of aromatic nitrogens is 1. The second-order valence-electron chi connectivity index (χ2n) is 2.69. The lowest BCUT2D eigenvalue weighted by Crippen LogP contribution is -2.17. The van der Waals surface area contributed by atoms with E-state index >= 15 is 0 Å². The largest absolute Gasteiger partial charge is 0.395 e. The highest BCUT2D eigenvalue weighted by Gasteiger charge is 1.94. The van der Waals surface area contributed by atoms with Crippen molar-refractivity contribution in [1.82, 2.24) is 10.3 Å². The maximum atomic E-state index is 8.53. The van der Waals surface area contributed by atoms with Crippen LogP contribution in [0.3, 0.4) is 0 Å². The van der Waals surface area contributed by atoms with Crippen molar-refractivity contribution >= 4 is 11.6 Å². The van der Waals surface area contributed by atoms with Gasteiger partial charge in [0.2, 0.25) is 0 Å². The highest BCUT2D eigenvalue weighted by atomic mass is 35.5. The fourth-order valence-electron chi connectivity index (χ4n) is 0.951. The molecule has 0 aliphatic carbocycles. The highest BCUT2D eigenvalue weighted by molar-refractivity contribution is 6.16. The van der Waals surface area contributed by atoms with E-state index in [1.807, 2.05) is 12.1 Å². The summed E-state index contributed by atoms with van der Waals surface area (Å²) < 4.78 is 0. The summed E-state index contributed by atoms with van der Waals surface area (Å²) in [5.41, 5.74) is 1.98. The van der Waals surface area contributed by atoms with Crippen LogP contribution in [0.2, 0.25) is 0 Å². The van der Waals surface area contributed by atoms with Crippen LogP contribution in [0.15, 0.2) is 18.3 Å². The molecule has 1 heterocycles. The summed E-state index contributed by atoms with van der Waals surface area (Å²) in [5.74, 6) is 0.449. The van der Waals surface area contributed by atoms with Gasteiger partial charge in [0.1, 0.15) is 0 Å². The van der Waals surface area contributed by atoms with Crippen molar-refractivity contribution < 1.29 is 5.11 Å². The van der Waals surface area contributed by atoms with E-state index in [9.17, 15) is 0 Å². The van der Waals surface area contributed by atoms with Crippen LogP contribution in [-0.2, 0) is 12.4 Å². The van der Waals surface area contributed by atoms with Gasteiger partial charge in [0.15, 0.2) is 0 Å². The lowest BCUT2D eigenvalue weighted by Gasteiger charge is -2.02.